The second-order valence-corrected chi connectivity index (χ2v) is 4.49. The maximum atomic E-state index is 10.3. The molecule has 0 amide bonds. The van der Waals surface area contributed by atoms with Crippen LogP contribution in [-0.4, -0.2) is 17.2 Å². The van der Waals surface area contributed by atoms with Gasteiger partial charge in [0.25, 0.3) is 0 Å². The van der Waals surface area contributed by atoms with E-state index in [1.165, 1.54) is 0 Å². The van der Waals surface area contributed by atoms with Crippen LogP contribution < -0.4 is 4.74 Å². The lowest BCUT2D eigenvalue weighted by atomic mass is 10.0. The van der Waals surface area contributed by atoms with Gasteiger partial charge in [-0.15, -0.1) is 0 Å². The molecule has 2 aromatic rings. The molecule has 0 aliphatic carbocycles. The van der Waals surface area contributed by atoms with E-state index in [1.54, 1.807) is 37.6 Å². The number of aryl methyl sites for hydroxylation is 1. The standard InChI is InChI=1S/C14H14ClNO2/c1-9-3-5-12(16-8-9)14(17)11-7-10(15)4-6-13(11)18-2/h3-8,14,17H,1-2H3. The zero-order chi connectivity index (χ0) is 13.1. The highest BCUT2D eigenvalue weighted by molar-refractivity contribution is 6.30. The largest absolute Gasteiger partial charge is 0.496 e. The molecular formula is C14H14ClNO2. The first-order chi connectivity index (χ1) is 8.61. The number of hydrogen-bond donors (Lipinski definition) is 1. The van der Waals surface area contributed by atoms with Crippen LogP contribution in [0.3, 0.4) is 0 Å². The average molecular weight is 264 g/mol. The third kappa shape index (κ3) is 2.63. The van der Waals surface area contributed by atoms with E-state index in [0.717, 1.165) is 5.56 Å². The van der Waals surface area contributed by atoms with Gasteiger partial charge in [0.2, 0.25) is 0 Å². The second kappa shape index (κ2) is 5.38. The van der Waals surface area contributed by atoms with E-state index in [9.17, 15) is 5.11 Å². The van der Waals surface area contributed by atoms with Crippen molar-refractivity contribution in [1.82, 2.24) is 4.98 Å². The second-order valence-electron chi connectivity index (χ2n) is 4.05. The number of halogens is 1. The third-order valence-electron chi connectivity index (χ3n) is 2.70. The molecule has 0 saturated carbocycles. The molecule has 2 rings (SSSR count). The lowest BCUT2D eigenvalue weighted by Gasteiger charge is -2.14. The van der Waals surface area contributed by atoms with Crippen molar-refractivity contribution in [1.29, 1.82) is 0 Å². The number of aromatic nitrogens is 1. The SMILES string of the molecule is COc1ccc(Cl)cc1C(O)c1ccc(C)cn1. The zero-order valence-electron chi connectivity index (χ0n) is 10.2. The van der Waals surface area contributed by atoms with Crippen LogP contribution >= 0.6 is 11.6 Å². The van der Waals surface area contributed by atoms with Gasteiger partial charge in [-0.2, -0.15) is 0 Å². The molecule has 1 aromatic heterocycles. The number of pyridine rings is 1. The maximum absolute atomic E-state index is 10.3. The first-order valence-electron chi connectivity index (χ1n) is 5.56. The number of nitrogens with zero attached hydrogens (tertiary/aromatic N) is 1. The van der Waals surface area contributed by atoms with Crippen molar-refractivity contribution in [3.63, 3.8) is 0 Å². The van der Waals surface area contributed by atoms with Crippen molar-refractivity contribution >= 4 is 11.6 Å². The molecule has 0 saturated heterocycles. The summed E-state index contributed by atoms with van der Waals surface area (Å²) in [7, 11) is 1.56. The van der Waals surface area contributed by atoms with E-state index in [4.69, 9.17) is 16.3 Å². The number of aliphatic hydroxyl groups excluding tert-OH is 1. The summed E-state index contributed by atoms with van der Waals surface area (Å²) in [5.41, 5.74) is 2.23. The first-order valence-corrected chi connectivity index (χ1v) is 5.93. The van der Waals surface area contributed by atoms with Crippen LogP contribution in [0.4, 0.5) is 0 Å². The van der Waals surface area contributed by atoms with Crippen LogP contribution in [0.2, 0.25) is 5.02 Å². The summed E-state index contributed by atoms with van der Waals surface area (Å²) in [5.74, 6) is 0.592. The van der Waals surface area contributed by atoms with E-state index in [2.05, 4.69) is 4.98 Å². The highest BCUT2D eigenvalue weighted by Crippen LogP contribution is 2.31. The van der Waals surface area contributed by atoms with Gasteiger partial charge in [-0.25, -0.2) is 0 Å². The topological polar surface area (TPSA) is 42.4 Å². The molecule has 1 heterocycles. The van der Waals surface area contributed by atoms with Crippen LogP contribution in [-0.2, 0) is 0 Å². The van der Waals surface area contributed by atoms with Gasteiger partial charge < -0.3 is 9.84 Å². The number of methoxy groups -OCH3 is 1. The molecule has 3 nitrogen and oxygen atoms in total. The smallest absolute Gasteiger partial charge is 0.125 e. The van der Waals surface area contributed by atoms with E-state index in [1.807, 2.05) is 13.0 Å². The summed E-state index contributed by atoms with van der Waals surface area (Å²) >= 11 is 5.94. The Kier molecular flexibility index (Phi) is 3.84. The van der Waals surface area contributed by atoms with Gasteiger partial charge in [-0.3, -0.25) is 4.98 Å². The Bertz CT molecular complexity index is 540. The number of benzene rings is 1. The Morgan fingerprint density at radius 1 is 1.28 bits per heavy atom. The molecule has 1 atom stereocenters. The van der Waals surface area contributed by atoms with Gasteiger partial charge in [0, 0.05) is 16.8 Å². The number of rotatable bonds is 3. The van der Waals surface area contributed by atoms with Crippen molar-refractivity contribution in [2.24, 2.45) is 0 Å². The Morgan fingerprint density at radius 3 is 2.67 bits per heavy atom. The van der Waals surface area contributed by atoms with Crippen LogP contribution in [0.1, 0.15) is 22.9 Å². The minimum absolute atomic E-state index is 0.553. The van der Waals surface area contributed by atoms with Gasteiger partial charge >= 0.3 is 0 Å². The number of aliphatic hydroxyl groups is 1. The predicted octanol–water partition coefficient (Wildman–Crippen LogP) is 3.13. The number of ether oxygens (including phenoxy) is 1. The predicted molar refractivity (Wildman–Crippen MR) is 71.0 cm³/mol. The zero-order valence-corrected chi connectivity index (χ0v) is 11.0. The van der Waals surface area contributed by atoms with Crippen molar-refractivity contribution in [3.8, 4) is 5.75 Å². The van der Waals surface area contributed by atoms with Crippen LogP contribution in [0, 0.1) is 6.92 Å². The van der Waals surface area contributed by atoms with E-state index < -0.39 is 6.10 Å². The summed E-state index contributed by atoms with van der Waals surface area (Å²) < 4.78 is 5.22. The monoisotopic (exact) mass is 263 g/mol. The van der Waals surface area contributed by atoms with E-state index >= 15 is 0 Å². The lowest BCUT2D eigenvalue weighted by molar-refractivity contribution is 0.210. The quantitative estimate of drug-likeness (QED) is 0.925. The minimum atomic E-state index is -0.848. The highest BCUT2D eigenvalue weighted by Gasteiger charge is 2.16. The fraction of sp³-hybridized carbons (Fsp3) is 0.214. The van der Waals surface area contributed by atoms with Gasteiger partial charge in [-0.1, -0.05) is 17.7 Å². The molecule has 1 aromatic carbocycles. The fourth-order valence-electron chi connectivity index (χ4n) is 1.72. The molecule has 1 unspecified atom stereocenters. The molecule has 0 aliphatic heterocycles. The Balaban J connectivity index is 2.41. The number of hydrogen-bond acceptors (Lipinski definition) is 3. The molecule has 4 heteroatoms. The summed E-state index contributed by atoms with van der Waals surface area (Å²) in [4.78, 5) is 4.21. The Hall–Kier alpha value is -1.58. The third-order valence-corrected chi connectivity index (χ3v) is 2.94. The van der Waals surface area contributed by atoms with E-state index in [-0.39, 0.29) is 0 Å². The molecule has 0 spiro atoms. The molecule has 18 heavy (non-hydrogen) atoms. The van der Waals surface area contributed by atoms with Gasteiger partial charge in [0.05, 0.1) is 12.8 Å². The lowest BCUT2D eigenvalue weighted by Crippen LogP contribution is -2.04. The summed E-state index contributed by atoms with van der Waals surface area (Å²) in [5, 5.41) is 10.9. The molecule has 0 fully saturated rings. The van der Waals surface area contributed by atoms with E-state index in [0.29, 0.717) is 22.0 Å². The maximum Gasteiger partial charge on any atom is 0.125 e. The molecule has 0 bridgehead atoms. The average Bonchev–Trinajstić information content (AvgIpc) is 2.39. The van der Waals surface area contributed by atoms with Crippen molar-refractivity contribution in [2.45, 2.75) is 13.0 Å². The Morgan fingerprint density at radius 2 is 2.06 bits per heavy atom. The molecule has 94 valence electrons. The van der Waals surface area contributed by atoms with Gasteiger partial charge in [0.1, 0.15) is 11.9 Å². The normalized spacial score (nSPS) is 12.2. The van der Waals surface area contributed by atoms with Crippen molar-refractivity contribution in [3.05, 3.63) is 58.4 Å². The Labute approximate surface area is 111 Å². The summed E-state index contributed by atoms with van der Waals surface area (Å²) in [6.07, 6.45) is 0.870. The molecule has 0 radical (unpaired) electrons. The van der Waals surface area contributed by atoms with Crippen LogP contribution in [0.25, 0.3) is 0 Å². The highest BCUT2D eigenvalue weighted by atomic mass is 35.5. The van der Waals surface area contributed by atoms with Crippen LogP contribution in [0.5, 0.6) is 5.75 Å². The summed E-state index contributed by atoms with van der Waals surface area (Å²) in [6.45, 7) is 1.95. The van der Waals surface area contributed by atoms with Gasteiger partial charge in [0.15, 0.2) is 0 Å². The summed E-state index contributed by atoms with van der Waals surface area (Å²) in [6, 6.07) is 8.84. The van der Waals surface area contributed by atoms with Gasteiger partial charge in [-0.05, 0) is 36.8 Å². The van der Waals surface area contributed by atoms with Crippen LogP contribution in [0.15, 0.2) is 36.5 Å². The van der Waals surface area contributed by atoms with Crippen molar-refractivity contribution < 1.29 is 9.84 Å². The van der Waals surface area contributed by atoms with Crippen molar-refractivity contribution in [2.75, 3.05) is 7.11 Å². The fourth-order valence-corrected chi connectivity index (χ4v) is 1.90. The minimum Gasteiger partial charge on any atom is -0.496 e. The first kappa shape index (κ1) is 12.9. The molecular weight excluding hydrogens is 250 g/mol. The molecule has 0 aliphatic rings. The molecule has 1 N–H and O–H groups in total.